The Kier molecular flexibility index (Phi) is 5.34. The highest BCUT2D eigenvalue weighted by Gasteiger charge is 2.25. The maximum Gasteiger partial charge on any atom is 0.363 e. The Balaban J connectivity index is 1.58. The summed E-state index contributed by atoms with van der Waals surface area (Å²) in [4.78, 5) is 20.1. The molecule has 1 fully saturated rings. The van der Waals surface area contributed by atoms with Gasteiger partial charge in [0.25, 0.3) is 0 Å². The topological polar surface area (TPSA) is 60.4 Å². The molecular weight excluding hydrogens is 376 g/mol. The second kappa shape index (κ2) is 8.06. The number of hydrogen-bond acceptors (Lipinski definition) is 7. The Morgan fingerprint density at radius 2 is 1.79 bits per heavy atom. The van der Waals surface area contributed by atoms with Gasteiger partial charge in [-0.3, -0.25) is 0 Å². The third-order valence-electron chi connectivity index (χ3n) is 4.78. The van der Waals surface area contributed by atoms with Crippen molar-refractivity contribution in [2.45, 2.75) is 19.3 Å². The first-order chi connectivity index (χ1) is 13.7. The third kappa shape index (κ3) is 3.89. The van der Waals surface area contributed by atoms with Crippen molar-refractivity contribution in [3.05, 3.63) is 46.5 Å². The lowest BCUT2D eigenvalue weighted by molar-refractivity contribution is -0.129. The molecule has 2 aliphatic heterocycles. The van der Waals surface area contributed by atoms with Gasteiger partial charge >= 0.3 is 5.97 Å². The quantitative estimate of drug-likeness (QED) is 0.561. The summed E-state index contributed by atoms with van der Waals surface area (Å²) in [7, 11) is 3.14. The van der Waals surface area contributed by atoms with E-state index in [4.69, 9.17) is 14.2 Å². The summed E-state index contributed by atoms with van der Waals surface area (Å²) in [6, 6.07) is 9.41. The molecule has 7 heteroatoms. The van der Waals surface area contributed by atoms with Crippen LogP contribution in [-0.2, 0) is 9.53 Å². The van der Waals surface area contributed by atoms with Gasteiger partial charge in [-0.1, -0.05) is 0 Å². The SMILES string of the molecule is COc1cc(OC)cc(C2=N/C(=C\c3ccc(N4CCCCC4)s3)C(=O)O2)c1. The van der Waals surface area contributed by atoms with E-state index in [1.807, 2.05) is 6.07 Å². The van der Waals surface area contributed by atoms with E-state index in [9.17, 15) is 4.79 Å². The molecule has 0 bridgehead atoms. The highest BCUT2D eigenvalue weighted by atomic mass is 32.1. The Morgan fingerprint density at radius 3 is 2.46 bits per heavy atom. The summed E-state index contributed by atoms with van der Waals surface area (Å²) in [5.74, 6) is 1.01. The number of benzene rings is 1. The molecule has 6 nitrogen and oxygen atoms in total. The van der Waals surface area contributed by atoms with Crippen LogP contribution in [0.2, 0.25) is 0 Å². The first-order valence-corrected chi connectivity index (χ1v) is 10.1. The monoisotopic (exact) mass is 398 g/mol. The minimum Gasteiger partial charge on any atom is -0.497 e. The van der Waals surface area contributed by atoms with Gasteiger partial charge in [-0.05, 0) is 49.6 Å². The zero-order valence-corrected chi connectivity index (χ0v) is 16.8. The molecule has 0 N–H and O–H groups in total. The van der Waals surface area contributed by atoms with Crippen LogP contribution in [0, 0.1) is 0 Å². The molecule has 1 aromatic heterocycles. The van der Waals surface area contributed by atoms with Crippen molar-refractivity contribution in [1.82, 2.24) is 0 Å². The summed E-state index contributed by atoms with van der Waals surface area (Å²) in [6.07, 6.45) is 5.55. The van der Waals surface area contributed by atoms with Gasteiger partial charge in [-0.2, -0.15) is 0 Å². The summed E-state index contributed by atoms with van der Waals surface area (Å²) in [6.45, 7) is 2.19. The van der Waals surface area contributed by atoms with Crippen LogP contribution in [-0.4, -0.2) is 39.2 Å². The van der Waals surface area contributed by atoms with Gasteiger partial charge in [0.15, 0.2) is 5.70 Å². The average Bonchev–Trinajstić information content (AvgIpc) is 3.35. The fourth-order valence-electron chi connectivity index (χ4n) is 3.30. The molecule has 0 saturated carbocycles. The van der Waals surface area contributed by atoms with Crippen LogP contribution in [0.25, 0.3) is 6.08 Å². The van der Waals surface area contributed by atoms with Crippen LogP contribution >= 0.6 is 11.3 Å². The molecule has 2 aliphatic rings. The zero-order valence-electron chi connectivity index (χ0n) is 15.9. The third-order valence-corrected chi connectivity index (χ3v) is 5.87. The van der Waals surface area contributed by atoms with E-state index in [1.54, 1.807) is 49.8 Å². The van der Waals surface area contributed by atoms with E-state index in [0.29, 0.717) is 22.8 Å². The van der Waals surface area contributed by atoms with Crippen LogP contribution in [0.4, 0.5) is 5.00 Å². The second-order valence-corrected chi connectivity index (χ2v) is 7.75. The van der Waals surface area contributed by atoms with Crippen molar-refractivity contribution >= 4 is 34.3 Å². The number of esters is 1. The summed E-state index contributed by atoms with van der Waals surface area (Å²) in [5, 5.41) is 1.24. The lowest BCUT2D eigenvalue weighted by Gasteiger charge is -2.27. The molecular formula is C21H22N2O4S. The molecule has 3 heterocycles. The Bertz CT molecular complexity index is 919. The summed E-state index contributed by atoms with van der Waals surface area (Å²) in [5.41, 5.74) is 0.928. The minimum atomic E-state index is -0.454. The first kappa shape index (κ1) is 18.6. The first-order valence-electron chi connectivity index (χ1n) is 9.27. The molecule has 28 heavy (non-hydrogen) atoms. The Labute approximate surface area is 168 Å². The molecule has 0 unspecified atom stereocenters. The standard InChI is InChI=1S/C21H22N2O4S/c1-25-15-10-14(11-16(12-15)26-2)20-22-18(21(24)27-20)13-17-6-7-19(28-17)23-8-4-3-5-9-23/h6-7,10-13H,3-5,8-9H2,1-2H3/b18-13-. The number of rotatable bonds is 5. The Morgan fingerprint density at radius 1 is 1.07 bits per heavy atom. The van der Waals surface area contributed by atoms with Crippen molar-refractivity contribution in [2.24, 2.45) is 4.99 Å². The van der Waals surface area contributed by atoms with Gasteiger partial charge in [-0.15, -0.1) is 11.3 Å². The van der Waals surface area contributed by atoms with Gasteiger partial charge < -0.3 is 19.1 Å². The Hall–Kier alpha value is -2.80. The fourth-order valence-corrected chi connectivity index (χ4v) is 4.30. The number of anilines is 1. The molecule has 146 valence electrons. The van der Waals surface area contributed by atoms with Crippen molar-refractivity contribution in [1.29, 1.82) is 0 Å². The van der Waals surface area contributed by atoms with E-state index >= 15 is 0 Å². The number of piperidine rings is 1. The molecule has 1 saturated heterocycles. The van der Waals surface area contributed by atoms with Crippen LogP contribution in [0.5, 0.6) is 11.5 Å². The number of carbonyl (C=O) groups is 1. The van der Waals surface area contributed by atoms with E-state index in [-0.39, 0.29) is 5.90 Å². The van der Waals surface area contributed by atoms with Gasteiger partial charge in [0.2, 0.25) is 5.90 Å². The number of ether oxygens (including phenoxy) is 3. The number of hydrogen-bond donors (Lipinski definition) is 0. The molecule has 0 spiro atoms. The highest BCUT2D eigenvalue weighted by molar-refractivity contribution is 7.16. The number of thiophene rings is 1. The maximum atomic E-state index is 12.3. The maximum absolute atomic E-state index is 12.3. The molecule has 0 radical (unpaired) electrons. The number of cyclic esters (lactones) is 1. The normalized spacial score (nSPS) is 18.2. The largest absolute Gasteiger partial charge is 0.497 e. The van der Waals surface area contributed by atoms with Gasteiger partial charge in [0.1, 0.15) is 11.5 Å². The summed E-state index contributed by atoms with van der Waals surface area (Å²) >= 11 is 1.67. The number of nitrogens with zero attached hydrogens (tertiary/aromatic N) is 2. The van der Waals surface area contributed by atoms with Crippen molar-refractivity contribution < 1.29 is 19.0 Å². The summed E-state index contributed by atoms with van der Waals surface area (Å²) < 4.78 is 15.9. The van der Waals surface area contributed by atoms with E-state index in [0.717, 1.165) is 18.0 Å². The van der Waals surface area contributed by atoms with E-state index < -0.39 is 5.97 Å². The molecule has 0 aliphatic carbocycles. The van der Waals surface area contributed by atoms with E-state index in [1.165, 1.54) is 24.3 Å². The lowest BCUT2D eigenvalue weighted by Crippen LogP contribution is -2.28. The number of aliphatic imine (C=N–C) groups is 1. The molecule has 0 atom stereocenters. The predicted molar refractivity (Wildman–Crippen MR) is 111 cm³/mol. The smallest absolute Gasteiger partial charge is 0.363 e. The zero-order chi connectivity index (χ0) is 19.5. The molecule has 4 rings (SSSR count). The average molecular weight is 398 g/mol. The van der Waals surface area contributed by atoms with Crippen molar-refractivity contribution in [3.8, 4) is 11.5 Å². The van der Waals surface area contributed by atoms with E-state index in [2.05, 4.69) is 16.0 Å². The van der Waals surface area contributed by atoms with Crippen LogP contribution < -0.4 is 14.4 Å². The van der Waals surface area contributed by atoms with Crippen LogP contribution in [0.1, 0.15) is 29.7 Å². The predicted octanol–water partition coefficient (Wildman–Crippen LogP) is 4.10. The van der Waals surface area contributed by atoms with Gasteiger partial charge in [-0.25, -0.2) is 9.79 Å². The fraction of sp³-hybridized carbons (Fsp3) is 0.333. The van der Waals surface area contributed by atoms with Crippen LogP contribution in [0.3, 0.4) is 0 Å². The highest BCUT2D eigenvalue weighted by Crippen LogP contribution is 2.31. The number of carbonyl (C=O) groups excluding carboxylic acids is 1. The second-order valence-electron chi connectivity index (χ2n) is 6.66. The molecule has 1 aromatic carbocycles. The minimum absolute atomic E-state index is 0.251. The van der Waals surface area contributed by atoms with Crippen molar-refractivity contribution in [3.63, 3.8) is 0 Å². The van der Waals surface area contributed by atoms with Gasteiger partial charge in [0, 0.05) is 29.6 Å². The molecule has 0 amide bonds. The van der Waals surface area contributed by atoms with Crippen molar-refractivity contribution in [2.75, 3.05) is 32.2 Å². The lowest BCUT2D eigenvalue weighted by atomic mass is 10.1. The number of methoxy groups -OCH3 is 2. The van der Waals surface area contributed by atoms with Gasteiger partial charge in [0.05, 0.1) is 19.2 Å². The molecule has 2 aromatic rings. The van der Waals surface area contributed by atoms with Crippen LogP contribution in [0.15, 0.2) is 41.0 Å².